The summed E-state index contributed by atoms with van der Waals surface area (Å²) in [7, 11) is 0. The van der Waals surface area contributed by atoms with Crippen LogP contribution in [0.4, 0.5) is 4.39 Å². The summed E-state index contributed by atoms with van der Waals surface area (Å²) in [5.74, 6) is -0.591. The van der Waals surface area contributed by atoms with E-state index in [1.807, 2.05) is 46.8 Å². The number of amides is 2. The second-order valence-electron chi connectivity index (χ2n) is 8.06. The fourth-order valence-electron chi connectivity index (χ4n) is 3.59. The normalized spacial score (nSPS) is 12.9. The number of carbonyl (C=O) groups is 2. The zero-order valence-electron chi connectivity index (χ0n) is 18.7. The van der Waals surface area contributed by atoms with Crippen LogP contribution in [0.3, 0.4) is 0 Å². The summed E-state index contributed by atoms with van der Waals surface area (Å²) in [6.07, 6.45) is 1.54. The summed E-state index contributed by atoms with van der Waals surface area (Å²) in [4.78, 5) is 27.9. The van der Waals surface area contributed by atoms with Crippen LogP contribution < -0.4 is 5.32 Å². The predicted molar refractivity (Wildman–Crippen MR) is 119 cm³/mol. The first-order chi connectivity index (χ1) is 14.2. The molecule has 4 nitrogen and oxygen atoms in total. The van der Waals surface area contributed by atoms with Gasteiger partial charge in [-0.15, -0.1) is 0 Å². The molecule has 0 saturated carbocycles. The molecule has 2 atom stereocenters. The molecule has 2 unspecified atom stereocenters. The minimum Gasteiger partial charge on any atom is -0.352 e. The minimum absolute atomic E-state index is 0.0359. The van der Waals surface area contributed by atoms with Crippen LogP contribution in [0, 0.1) is 19.7 Å². The number of carbonyl (C=O) groups excluding carboxylic acids is 2. The van der Waals surface area contributed by atoms with Gasteiger partial charge in [-0.2, -0.15) is 0 Å². The van der Waals surface area contributed by atoms with Crippen molar-refractivity contribution in [2.24, 2.45) is 0 Å². The number of aryl methyl sites for hydroxylation is 2. The van der Waals surface area contributed by atoms with Gasteiger partial charge in [0.25, 0.3) is 0 Å². The second kappa shape index (κ2) is 10.9. The van der Waals surface area contributed by atoms with Crippen LogP contribution in [-0.4, -0.2) is 28.8 Å². The molecule has 1 N–H and O–H groups in total. The highest BCUT2D eigenvalue weighted by atomic mass is 19.1. The molecule has 0 radical (unpaired) electrons. The fourth-order valence-corrected chi connectivity index (χ4v) is 3.59. The molecule has 0 fully saturated rings. The average molecular weight is 413 g/mol. The summed E-state index contributed by atoms with van der Waals surface area (Å²) in [6.45, 7) is 10.1. The van der Waals surface area contributed by atoms with Crippen LogP contribution in [0.1, 0.15) is 55.9 Å². The van der Waals surface area contributed by atoms with E-state index < -0.39 is 6.04 Å². The summed E-state index contributed by atoms with van der Waals surface area (Å²) < 4.78 is 13.3. The van der Waals surface area contributed by atoms with Gasteiger partial charge in [0.15, 0.2) is 0 Å². The molecule has 30 heavy (non-hydrogen) atoms. The van der Waals surface area contributed by atoms with E-state index in [1.54, 1.807) is 17.0 Å². The quantitative estimate of drug-likeness (QED) is 0.649. The second-order valence-corrected chi connectivity index (χ2v) is 8.06. The van der Waals surface area contributed by atoms with Crippen molar-refractivity contribution in [3.8, 4) is 0 Å². The van der Waals surface area contributed by atoms with E-state index in [9.17, 15) is 14.0 Å². The SMILES string of the molecule is CCC(C)NC(=O)C(CC)N(Cc1ccc(F)cc1)C(=O)Cc1cc(C)cc(C)c1. The van der Waals surface area contributed by atoms with Gasteiger partial charge in [0.05, 0.1) is 6.42 Å². The Labute approximate surface area is 179 Å². The molecule has 0 bridgehead atoms. The molecule has 0 spiro atoms. The van der Waals surface area contributed by atoms with E-state index in [4.69, 9.17) is 0 Å². The molecule has 2 amide bonds. The molecular weight excluding hydrogens is 379 g/mol. The molecule has 2 aromatic carbocycles. The lowest BCUT2D eigenvalue weighted by atomic mass is 10.0. The number of rotatable bonds is 9. The van der Waals surface area contributed by atoms with E-state index in [2.05, 4.69) is 11.4 Å². The molecule has 162 valence electrons. The lowest BCUT2D eigenvalue weighted by molar-refractivity contribution is -0.141. The maximum Gasteiger partial charge on any atom is 0.243 e. The molecule has 0 aromatic heterocycles. The zero-order chi connectivity index (χ0) is 22.3. The van der Waals surface area contributed by atoms with Gasteiger partial charge in [0, 0.05) is 12.6 Å². The molecule has 0 saturated heterocycles. The zero-order valence-corrected chi connectivity index (χ0v) is 18.7. The smallest absolute Gasteiger partial charge is 0.243 e. The number of nitrogens with one attached hydrogen (secondary N) is 1. The predicted octanol–water partition coefficient (Wildman–Crippen LogP) is 4.71. The number of hydrogen-bond acceptors (Lipinski definition) is 2. The first kappa shape index (κ1) is 23.6. The maximum absolute atomic E-state index is 13.3. The Hall–Kier alpha value is -2.69. The third-order valence-electron chi connectivity index (χ3n) is 5.29. The summed E-state index contributed by atoms with van der Waals surface area (Å²) in [5.41, 5.74) is 3.92. The number of hydrogen-bond donors (Lipinski definition) is 1. The largest absolute Gasteiger partial charge is 0.352 e. The van der Waals surface area contributed by atoms with Gasteiger partial charge in [0.1, 0.15) is 11.9 Å². The third-order valence-corrected chi connectivity index (χ3v) is 5.29. The molecule has 2 aromatic rings. The lowest BCUT2D eigenvalue weighted by Crippen LogP contribution is -2.51. The first-order valence-electron chi connectivity index (χ1n) is 10.6. The van der Waals surface area contributed by atoms with Gasteiger partial charge in [-0.05, 0) is 56.9 Å². The molecular formula is C25H33FN2O2. The lowest BCUT2D eigenvalue weighted by Gasteiger charge is -2.31. The van der Waals surface area contributed by atoms with E-state index in [-0.39, 0.29) is 36.6 Å². The highest BCUT2D eigenvalue weighted by Crippen LogP contribution is 2.17. The van der Waals surface area contributed by atoms with E-state index in [0.717, 1.165) is 28.7 Å². The molecule has 5 heteroatoms. The maximum atomic E-state index is 13.3. The molecule has 2 rings (SSSR count). The Balaban J connectivity index is 2.31. The van der Waals surface area contributed by atoms with Crippen LogP contribution >= 0.6 is 0 Å². The summed E-state index contributed by atoms with van der Waals surface area (Å²) in [5, 5.41) is 3.00. The minimum atomic E-state index is -0.581. The summed E-state index contributed by atoms with van der Waals surface area (Å²) >= 11 is 0. The molecule has 0 heterocycles. The van der Waals surface area contributed by atoms with Gasteiger partial charge in [-0.1, -0.05) is 55.3 Å². The third kappa shape index (κ3) is 6.68. The van der Waals surface area contributed by atoms with Gasteiger partial charge >= 0.3 is 0 Å². The Bertz CT molecular complexity index is 844. The van der Waals surface area contributed by atoms with E-state index in [1.165, 1.54) is 12.1 Å². The Kier molecular flexibility index (Phi) is 8.58. The molecule has 0 aliphatic heterocycles. The highest BCUT2D eigenvalue weighted by molar-refractivity contribution is 5.88. The Morgan fingerprint density at radius 2 is 1.57 bits per heavy atom. The van der Waals surface area contributed by atoms with Crippen LogP contribution in [-0.2, 0) is 22.6 Å². The van der Waals surface area contributed by atoms with Crippen molar-refractivity contribution in [2.75, 3.05) is 0 Å². The van der Waals surface area contributed by atoms with Gasteiger partial charge in [-0.3, -0.25) is 9.59 Å². The van der Waals surface area contributed by atoms with Crippen molar-refractivity contribution in [3.05, 3.63) is 70.5 Å². The monoisotopic (exact) mass is 412 g/mol. The standard InChI is InChI=1S/C25H33FN2O2/c1-6-19(5)27-25(30)23(7-2)28(16-20-8-10-22(26)11-9-20)24(29)15-21-13-17(3)12-18(4)14-21/h8-14,19,23H,6-7,15-16H2,1-5H3,(H,27,30). The Morgan fingerprint density at radius 1 is 0.967 bits per heavy atom. The van der Waals surface area contributed by atoms with Gasteiger partial charge < -0.3 is 10.2 Å². The van der Waals surface area contributed by atoms with Crippen LogP contribution in [0.5, 0.6) is 0 Å². The fraction of sp³-hybridized carbons (Fsp3) is 0.440. The van der Waals surface area contributed by atoms with Crippen molar-refractivity contribution in [1.29, 1.82) is 0 Å². The Morgan fingerprint density at radius 3 is 2.10 bits per heavy atom. The number of benzene rings is 2. The van der Waals surface area contributed by atoms with E-state index in [0.29, 0.717) is 6.42 Å². The van der Waals surface area contributed by atoms with Crippen molar-refractivity contribution in [3.63, 3.8) is 0 Å². The van der Waals surface area contributed by atoms with E-state index >= 15 is 0 Å². The topological polar surface area (TPSA) is 49.4 Å². The average Bonchev–Trinajstić information content (AvgIpc) is 2.68. The van der Waals surface area contributed by atoms with Crippen LogP contribution in [0.25, 0.3) is 0 Å². The molecule has 0 aliphatic carbocycles. The van der Waals surface area contributed by atoms with Crippen LogP contribution in [0.15, 0.2) is 42.5 Å². The van der Waals surface area contributed by atoms with Gasteiger partial charge in [0.2, 0.25) is 11.8 Å². The highest BCUT2D eigenvalue weighted by Gasteiger charge is 2.29. The van der Waals surface area contributed by atoms with Crippen molar-refractivity contribution in [1.82, 2.24) is 10.2 Å². The number of nitrogens with zero attached hydrogens (tertiary/aromatic N) is 1. The molecule has 0 aliphatic rings. The first-order valence-corrected chi connectivity index (χ1v) is 10.6. The van der Waals surface area contributed by atoms with Crippen molar-refractivity contribution < 1.29 is 14.0 Å². The van der Waals surface area contributed by atoms with Crippen LogP contribution in [0.2, 0.25) is 0 Å². The van der Waals surface area contributed by atoms with Gasteiger partial charge in [-0.25, -0.2) is 4.39 Å². The van der Waals surface area contributed by atoms with Crippen molar-refractivity contribution in [2.45, 2.75) is 72.5 Å². The van der Waals surface area contributed by atoms with Crippen molar-refractivity contribution >= 4 is 11.8 Å². The summed E-state index contributed by atoms with van der Waals surface area (Å²) in [6, 6.07) is 11.6. The number of halogens is 1.